The highest BCUT2D eigenvalue weighted by atomic mass is 32.2. The van der Waals surface area contributed by atoms with Gasteiger partial charge in [0.1, 0.15) is 0 Å². The van der Waals surface area contributed by atoms with E-state index in [1.807, 2.05) is 23.5 Å². The van der Waals surface area contributed by atoms with Crippen molar-refractivity contribution in [2.45, 2.75) is 77.0 Å². The average molecular weight is 735 g/mol. The lowest BCUT2D eigenvalue weighted by Crippen LogP contribution is -2.26. The van der Waals surface area contributed by atoms with Crippen LogP contribution in [-0.4, -0.2) is 10.5 Å². The van der Waals surface area contributed by atoms with Gasteiger partial charge in [-0.15, -0.1) is 23.5 Å². The molecule has 0 radical (unpaired) electrons. The zero-order chi connectivity index (χ0) is 29.7. The molecule has 1 saturated heterocycles. The first-order chi connectivity index (χ1) is 21.8. The second-order valence-electron chi connectivity index (χ2n) is 15.5. The Labute approximate surface area is 301 Å². The third kappa shape index (κ3) is 3.49. The molecule has 0 aromatic heterocycles. The maximum absolute atomic E-state index is 2.66. The standard InChI is InChI=1S/C37H34S8/c1-14(2)36-6-5-16-7-18(36)28(36)32-30(16)38-20-9-24-26(11-22(20)40-32)44-34(42-24)35-43-25-10-21-23(12-27(25)45-35)41-33-29-19-8-17(31(33)39-21)13-37(19,29)15(3)4/h5-6,9-12,14-20,22,28-29H,7-8,13H2,1-4H3. The van der Waals surface area contributed by atoms with Crippen molar-refractivity contribution < 1.29 is 0 Å². The van der Waals surface area contributed by atoms with Crippen molar-refractivity contribution in [3.05, 3.63) is 74.3 Å². The van der Waals surface area contributed by atoms with Gasteiger partial charge in [0, 0.05) is 77.8 Å². The molecule has 4 fully saturated rings. The van der Waals surface area contributed by atoms with E-state index in [-0.39, 0.29) is 0 Å². The summed E-state index contributed by atoms with van der Waals surface area (Å²) in [4.78, 5) is 16.1. The van der Waals surface area contributed by atoms with Crippen LogP contribution in [0.25, 0.3) is 0 Å². The fourth-order valence-corrected chi connectivity index (χ4v) is 23.4. The third-order valence-corrected chi connectivity index (χ3v) is 24.9. The van der Waals surface area contributed by atoms with Gasteiger partial charge in [0.25, 0.3) is 0 Å². The van der Waals surface area contributed by atoms with Crippen LogP contribution in [0, 0.1) is 58.2 Å². The first kappa shape index (κ1) is 28.2. The van der Waals surface area contributed by atoms with Gasteiger partial charge in [0.2, 0.25) is 0 Å². The predicted molar refractivity (Wildman–Crippen MR) is 204 cm³/mol. The summed E-state index contributed by atoms with van der Waals surface area (Å²) in [5.41, 5.74) is 1.10. The van der Waals surface area contributed by atoms with Gasteiger partial charge in [-0.2, -0.15) is 0 Å². The molecule has 0 N–H and O–H groups in total. The summed E-state index contributed by atoms with van der Waals surface area (Å²) in [5, 5.41) is 1.16. The molecule has 4 heterocycles. The van der Waals surface area contributed by atoms with E-state index in [1.165, 1.54) is 57.1 Å². The second-order valence-corrected chi connectivity index (χ2v) is 24.9. The molecule has 3 saturated carbocycles. The van der Waals surface area contributed by atoms with Crippen LogP contribution in [0.4, 0.5) is 0 Å². The van der Waals surface area contributed by atoms with Crippen LogP contribution in [0.2, 0.25) is 0 Å². The Bertz CT molecular complexity index is 1870. The maximum atomic E-state index is 2.66. The normalized spacial score (nSPS) is 46.4. The lowest BCUT2D eigenvalue weighted by Gasteiger charge is -2.37. The topological polar surface area (TPSA) is 0 Å². The second kappa shape index (κ2) is 9.22. The average Bonchev–Trinajstić information content (AvgIpc) is 3.66. The number of rotatable bonds is 2. The van der Waals surface area contributed by atoms with Crippen molar-refractivity contribution >= 4 is 94.1 Å². The molecule has 8 aliphatic carbocycles. The molecular weight excluding hydrogens is 701 g/mol. The Morgan fingerprint density at radius 1 is 0.644 bits per heavy atom. The Morgan fingerprint density at radius 3 is 1.96 bits per heavy atom. The molecular formula is C37H34S8. The van der Waals surface area contributed by atoms with Gasteiger partial charge < -0.3 is 0 Å². The van der Waals surface area contributed by atoms with Crippen molar-refractivity contribution in [2.24, 2.45) is 58.2 Å². The van der Waals surface area contributed by atoms with E-state index in [1.54, 1.807) is 19.6 Å². The molecule has 4 aliphatic heterocycles. The molecule has 10 atom stereocenters. The Kier molecular flexibility index (Phi) is 5.77. The predicted octanol–water partition coefficient (Wildman–Crippen LogP) is 12.9. The van der Waals surface area contributed by atoms with Crippen LogP contribution in [0.5, 0.6) is 0 Å². The molecule has 13 rings (SSSR count). The highest BCUT2D eigenvalue weighted by molar-refractivity contribution is 8.33. The first-order valence-corrected chi connectivity index (χ1v) is 23.4. The number of allylic oxidation sites excluding steroid dienone is 6. The van der Waals surface area contributed by atoms with E-state index in [4.69, 9.17) is 0 Å². The number of thioether (sulfide) groups is 8. The summed E-state index contributed by atoms with van der Waals surface area (Å²) in [6, 6.07) is 5.11. The van der Waals surface area contributed by atoms with Gasteiger partial charge in [0.05, 0.1) is 8.47 Å². The first-order valence-electron chi connectivity index (χ1n) is 16.8. The van der Waals surface area contributed by atoms with Gasteiger partial charge in [-0.05, 0) is 71.3 Å². The fourth-order valence-electron chi connectivity index (χ4n) is 11.1. The molecule has 0 nitrogen and oxygen atoms in total. The number of benzene rings is 1. The summed E-state index contributed by atoms with van der Waals surface area (Å²) in [5.74, 6) is 6.63. The molecule has 1 aromatic carbocycles. The van der Waals surface area contributed by atoms with Crippen LogP contribution >= 0.6 is 94.1 Å². The van der Waals surface area contributed by atoms with E-state index in [2.05, 4.69) is 135 Å². The third-order valence-electron chi connectivity index (χ3n) is 13.3. The van der Waals surface area contributed by atoms with Gasteiger partial charge >= 0.3 is 0 Å². The smallest absolute Gasteiger partial charge is 0.0706 e. The zero-order valence-corrected chi connectivity index (χ0v) is 32.2. The molecule has 230 valence electrons. The quantitative estimate of drug-likeness (QED) is 0.272. The molecule has 6 bridgehead atoms. The van der Waals surface area contributed by atoms with Crippen LogP contribution in [0.15, 0.2) is 93.9 Å². The summed E-state index contributed by atoms with van der Waals surface area (Å²) in [6.45, 7) is 9.92. The van der Waals surface area contributed by atoms with Crippen LogP contribution in [0.1, 0.15) is 47.0 Å². The van der Waals surface area contributed by atoms with Gasteiger partial charge in [0.15, 0.2) is 0 Å². The van der Waals surface area contributed by atoms with E-state index in [0.29, 0.717) is 27.2 Å². The maximum Gasteiger partial charge on any atom is 0.0706 e. The summed E-state index contributed by atoms with van der Waals surface area (Å²) < 4.78 is 3.03. The largest absolute Gasteiger partial charge is 0.120 e. The number of fused-ring (bicyclic) bond motifs is 8. The number of hydrogen-bond donors (Lipinski definition) is 0. The van der Waals surface area contributed by atoms with E-state index in [0.717, 1.165) is 41.4 Å². The highest BCUT2D eigenvalue weighted by Gasteiger charge is 2.74. The number of hydrogen-bond acceptors (Lipinski definition) is 8. The van der Waals surface area contributed by atoms with Crippen molar-refractivity contribution in [3.8, 4) is 0 Å². The minimum Gasteiger partial charge on any atom is -0.120 e. The van der Waals surface area contributed by atoms with Crippen LogP contribution in [-0.2, 0) is 0 Å². The lowest BCUT2D eigenvalue weighted by atomic mass is 9.80. The Balaban J connectivity index is 0.807. The molecule has 8 heteroatoms. The summed E-state index contributed by atoms with van der Waals surface area (Å²) >= 11 is 17.0. The fraction of sp³-hybridized carbons (Fsp3) is 0.514. The van der Waals surface area contributed by atoms with Crippen molar-refractivity contribution in [2.75, 3.05) is 0 Å². The van der Waals surface area contributed by atoms with Gasteiger partial charge in [-0.1, -0.05) is 123 Å². The Morgan fingerprint density at radius 2 is 1.29 bits per heavy atom. The summed E-state index contributed by atoms with van der Waals surface area (Å²) in [7, 11) is 0. The van der Waals surface area contributed by atoms with E-state index >= 15 is 0 Å². The summed E-state index contributed by atoms with van der Waals surface area (Å²) in [6.07, 6.45) is 14.9. The van der Waals surface area contributed by atoms with Gasteiger partial charge in [-0.3, -0.25) is 0 Å². The molecule has 1 aromatic rings. The van der Waals surface area contributed by atoms with Gasteiger partial charge in [-0.25, -0.2) is 0 Å². The Hall–Kier alpha value is 0.460. The van der Waals surface area contributed by atoms with Crippen LogP contribution in [0.3, 0.4) is 0 Å². The molecule has 12 aliphatic rings. The molecule has 0 spiro atoms. The zero-order valence-electron chi connectivity index (χ0n) is 25.6. The molecule has 10 unspecified atom stereocenters. The van der Waals surface area contributed by atoms with Crippen LogP contribution < -0.4 is 0 Å². The SMILES string of the molecule is CC(C)C12C=CC3CC1C2C1=C3SC2C=C3SC(=C4Sc5cc6c(cc5S4)SC4=C(S6)C5CC6C4C6(C(C)C)C5)SC3=CC2S1. The van der Waals surface area contributed by atoms with E-state index in [9.17, 15) is 0 Å². The van der Waals surface area contributed by atoms with Crippen molar-refractivity contribution in [3.63, 3.8) is 0 Å². The van der Waals surface area contributed by atoms with Crippen molar-refractivity contribution in [1.29, 1.82) is 0 Å². The molecule has 0 amide bonds. The minimum absolute atomic E-state index is 0.459. The monoisotopic (exact) mass is 734 g/mol. The lowest BCUT2D eigenvalue weighted by molar-refractivity contribution is 0.298. The minimum atomic E-state index is 0.459. The van der Waals surface area contributed by atoms with Crippen molar-refractivity contribution in [1.82, 2.24) is 0 Å². The molecule has 45 heavy (non-hydrogen) atoms. The van der Waals surface area contributed by atoms with E-state index < -0.39 is 0 Å². The highest BCUT2D eigenvalue weighted by Crippen LogP contribution is 2.83.